The van der Waals surface area contributed by atoms with Crippen LogP contribution in [0.4, 0.5) is 0 Å². The van der Waals surface area contributed by atoms with Crippen molar-refractivity contribution in [3.63, 3.8) is 0 Å². The van der Waals surface area contributed by atoms with Gasteiger partial charge >= 0.3 is 0 Å². The van der Waals surface area contributed by atoms with Crippen LogP contribution in [0, 0.1) is 6.92 Å². The van der Waals surface area contributed by atoms with Gasteiger partial charge in [-0.15, -0.1) is 11.3 Å². The van der Waals surface area contributed by atoms with E-state index >= 15 is 0 Å². The summed E-state index contributed by atoms with van der Waals surface area (Å²) >= 11 is 1.60. The van der Waals surface area contributed by atoms with Gasteiger partial charge in [0, 0.05) is 34.8 Å². The van der Waals surface area contributed by atoms with Gasteiger partial charge in [0.1, 0.15) is 5.01 Å². The second-order valence-electron chi connectivity index (χ2n) is 5.11. The molecule has 0 saturated heterocycles. The van der Waals surface area contributed by atoms with E-state index in [0.29, 0.717) is 12.0 Å². The molecule has 21 heavy (non-hydrogen) atoms. The number of amides is 1. The fourth-order valence-corrected chi connectivity index (χ4v) is 2.83. The van der Waals surface area contributed by atoms with Crippen molar-refractivity contribution in [2.45, 2.75) is 32.7 Å². The van der Waals surface area contributed by atoms with Crippen LogP contribution in [0.3, 0.4) is 0 Å². The lowest BCUT2D eigenvalue weighted by atomic mass is 10.1. The Bertz CT molecular complexity index is 593. The number of carbonyl (C=O) groups excluding carboxylic acids is 1. The minimum atomic E-state index is -0.0812. The number of aromatic nitrogens is 1. The first kappa shape index (κ1) is 15.7. The van der Waals surface area contributed by atoms with Crippen molar-refractivity contribution in [3.05, 3.63) is 40.9 Å². The molecule has 2 aromatic rings. The average Bonchev–Trinajstić information content (AvgIpc) is 2.92. The molecular formula is C16H20N2O2S. The molecule has 0 radical (unpaired) electrons. The topological polar surface area (TPSA) is 62.2 Å². The largest absolute Gasteiger partial charge is 0.396 e. The highest BCUT2D eigenvalue weighted by atomic mass is 32.1. The molecule has 0 fully saturated rings. The molecule has 1 aromatic heterocycles. The number of rotatable bonds is 6. The third kappa shape index (κ3) is 4.37. The van der Waals surface area contributed by atoms with E-state index in [9.17, 15) is 4.79 Å². The number of thiazole rings is 1. The SMILES string of the molecule is Cc1csc(-c2ccc(C(=O)NC(C)CCCO)cc2)n1. The molecule has 1 heterocycles. The molecule has 0 saturated carbocycles. The van der Waals surface area contributed by atoms with E-state index in [1.165, 1.54) is 0 Å². The molecule has 0 aliphatic heterocycles. The van der Waals surface area contributed by atoms with Gasteiger partial charge in [0.25, 0.3) is 5.91 Å². The molecule has 112 valence electrons. The molecule has 2 N–H and O–H groups in total. The maximum atomic E-state index is 12.1. The number of aryl methyl sites for hydroxylation is 1. The molecule has 1 amide bonds. The van der Waals surface area contributed by atoms with E-state index in [0.717, 1.165) is 22.7 Å². The Hall–Kier alpha value is -1.72. The Morgan fingerprint density at radius 2 is 2.10 bits per heavy atom. The van der Waals surface area contributed by atoms with Crippen LogP contribution in [0.2, 0.25) is 0 Å². The molecule has 0 spiro atoms. The predicted octanol–water partition coefficient (Wildman–Crippen LogP) is 3.01. The first-order chi connectivity index (χ1) is 10.1. The third-order valence-electron chi connectivity index (χ3n) is 3.19. The third-order valence-corrected chi connectivity index (χ3v) is 4.20. The number of carbonyl (C=O) groups is 1. The molecule has 0 aliphatic rings. The van der Waals surface area contributed by atoms with E-state index < -0.39 is 0 Å². The molecule has 1 unspecified atom stereocenters. The van der Waals surface area contributed by atoms with Crippen LogP contribution in [0.25, 0.3) is 10.6 Å². The minimum Gasteiger partial charge on any atom is -0.396 e. The number of aliphatic hydroxyl groups is 1. The monoisotopic (exact) mass is 304 g/mol. The quantitative estimate of drug-likeness (QED) is 0.862. The Morgan fingerprint density at radius 3 is 2.67 bits per heavy atom. The minimum absolute atomic E-state index is 0.0611. The molecule has 5 heteroatoms. The Balaban J connectivity index is 2.00. The van der Waals surface area contributed by atoms with E-state index in [4.69, 9.17) is 5.11 Å². The van der Waals surface area contributed by atoms with Gasteiger partial charge in [0.05, 0.1) is 0 Å². The van der Waals surface area contributed by atoms with E-state index in [1.807, 2.05) is 43.5 Å². The van der Waals surface area contributed by atoms with E-state index in [2.05, 4.69) is 10.3 Å². The zero-order valence-corrected chi connectivity index (χ0v) is 13.1. The molecule has 1 aromatic carbocycles. The number of nitrogens with zero attached hydrogens (tertiary/aromatic N) is 1. The Morgan fingerprint density at radius 1 is 1.38 bits per heavy atom. The summed E-state index contributed by atoms with van der Waals surface area (Å²) in [6, 6.07) is 7.54. The summed E-state index contributed by atoms with van der Waals surface area (Å²) in [4.78, 5) is 16.5. The fraction of sp³-hybridized carbons (Fsp3) is 0.375. The number of benzene rings is 1. The highest BCUT2D eigenvalue weighted by Crippen LogP contribution is 2.23. The number of aliphatic hydroxyl groups excluding tert-OH is 1. The lowest BCUT2D eigenvalue weighted by molar-refractivity contribution is 0.0936. The Labute approximate surface area is 128 Å². The summed E-state index contributed by atoms with van der Waals surface area (Å²) < 4.78 is 0. The van der Waals surface area contributed by atoms with Crippen LogP contribution in [0.1, 0.15) is 35.8 Å². The van der Waals surface area contributed by atoms with Gasteiger partial charge in [-0.2, -0.15) is 0 Å². The van der Waals surface area contributed by atoms with Crippen molar-refractivity contribution in [3.8, 4) is 10.6 Å². The lowest BCUT2D eigenvalue weighted by Crippen LogP contribution is -2.32. The molecule has 2 rings (SSSR count). The highest BCUT2D eigenvalue weighted by Gasteiger charge is 2.10. The summed E-state index contributed by atoms with van der Waals surface area (Å²) in [5.41, 5.74) is 2.68. The summed E-state index contributed by atoms with van der Waals surface area (Å²) in [7, 11) is 0. The van der Waals surface area contributed by atoms with E-state index in [-0.39, 0.29) is 18.6 Å². The molecular weight excluding hydrogens is 284 g/mol. The van der Waals surface area contributed by atoms with Crippen LogP contribution in [0.5, 0.6) is 0 Å². The van der Waals surface area contributed by atoms with Crippen LogP contribution in [0.15, 0.2) is 29.6 Å². The maximum absolute atomic E-state index is 12.1. The smallest absolute Gasteiger partial charge is 0.251 e. The Kier molecular flexibility index (Phi) is 5.47. The summed E-state index contributed by atoms with van der Waals surface area (Å²) in [6.45, 7) is 4.07. The standard InChI is InChI=1S/C16H20N2O2S/c1-11(4-3-9-19)17-15(20)13-5-7-14(8-6-13)16-18-12(2)10-21-16/h5-8,10-11,19H,3-4,9H2,1-2H3,(H,17,20). The molecule has 0 bridgehead atoms. The summed E-state index contributed by atoms with van der Waals surface area (Å²) in [6.07, 6.45) is 1.47. The van der Waals surface area contributed by atoms with Gasteiger partial charge in [-0.3, -0.25) is 4.79 Å². The average molecular weight is 304 g/mol. The zero-order valence-electron chi connectivity index (χ0n) is 12.3. The van der Waals surface area contributed by atoms with Crippen molar-refractivity contribution < 1.29 is 9.90 Å². The van der Waals surface area contributed by atoms with Crippen molar-refractivity contribution in [1.82, 2.24) is 10.3 Å². The van der Waals surface area contributed by atoms with Crippen molar-refractivity contribution >= 4 is 17.2 Å². The highest BCUT2D eigenvalue weighted by molar-refractivity contribution is 7.13. The predicted molar refractivity (Wildman–Crippen MR) is 85.5 cm³/mol. The van der Waals surface area contributed by atoms with Crippen LogP contribution in [-0.4, -0.2) is 28.6 Å². The first-order valence-corrected chi connectivity index (χ1v) is 7.92. The van der Waals surface area contributed by atoms with Gasteiger partial charge in [-0.05, 0) is 38.8 Å². The van der Waals surface area contributed by atoms with Gasteiger partial charge in [-0.25, -0.2) is 4.98 Å². The summed E-state index contributed by atoms with van der Waals surface area (Å²) in [5, 5.41) is 14.7. The first-order valence-electron chi connectivity index (χ1n) is 7.04. The molecule has 1 atom stereocenters. The van der Waals surface area contributed by atoms with Gasteiger partial charge in [0.15, 0.2) is 0 Å². The van der Waals surface area contributed by atoms with Gasteiger partial charge in [-0.1, -0.05) is 12.1 Å². The van der Waals surface area contributed by atoms with Crippen LogP contribution in [-0.2, 0) is 0 Å². The van der Waals surface area contributed by atoms with Crippen LogP contribution >= 0.6 is 11.3 Å². The molecule has 4 nitrogen and oxygen atoms in total. The van der Waals surface area contributed by atoms with E-state index in [1.54, 1.807) is 11.3 Å². The zero-order chi connectivity index (χ0) is 15.2. The van der Waals surface area contributed by atoms with Crippen LogP contribution < -0.4 is 5.32 Å². The maximum Gasteiger partial charge on any atom is 0.251 e. The van der Waals surface area contributed by atoms with Gasteiger partial charge in [0.2, 0.25) is 0 Å². The normalized spacial score (nSPS) is 12.1. The van der Waals surface area contributed by atoms with Crippen molar-refractivity contribution in [2.24, 2.45) is 0 Å². The second kappa shape index (κ2) is 7.33. The number of hydrogen-bond acceptors (Lipinski definition) is 4. The van der Waals surface area contributed by atoms with Crippen molar-refractivity contribution in [2.75, 3.05) is 6.61 Å². The fourth-order valence-electron chi connectivity index (χ4n) is 2.03. The lowest BCUT2D eigenvalue weighted by Gasteiger charge is -2.13. The van der Waals surface area contributed by atoms with Crippen molar-refractivity contribution in [1.29, 1.82) is 0 Å². The van der Waals surface area contributed by atoms with Gasteiger partial charge < -0.3 is 10.4 Å². The summed E-state index contributed by atoms with van der Waals surface area (Å²) in [5.74, 6) is -0.0812. The molecule has 0 aliphatic carbocycles. The number of hydrogen-bond donors (Lipinski definition) is 2. The second-order valence-corrected chi connectivity index (χ2v) is 5.97. The number of nitrogens with one attached hydrogen (secondary N) is 1.